The molecule has 0 aliphatic carbocycles. The van der Waals surface area contributed by atoms with Crippen LogP contribution in [0.25, 0.3) is 0 Å². The minimum atomic E-state index is 0.139. The van der Waals surface area contributed by atoms with E-state index in [-0.39, 0.29) is 4.71 Å². The van der Waals surface area contributed by atoms with Gasteiger partial charge in [0.15, 0.2) is 0 Å². The Kier molecular flexibility index (Phi) is 2.10. The Morgan fingerprint density at radius 3 is 2.88 bits per heavy atom. The fraction of sp³-hybridized carbons (Fsp3) is 0.500. The summed E-state index contributed by atoms with van der Waals surface area (Å²) < 4.78 is 0.139. The van der Waals surface area contributed by atoms with Crippen LogP contribution < -0.4 is 5.43 Å². The summed E-state index contributed by atoms with van der Waals surface area (Å²) in [5.74, 6) is 0. The Hall–Kier alpha value is 0.200. The van der Waals surface area contributed by atoms with E-state index in [0.29, 0.717) is 0 Å². The molecule has 0 amide bonds. The summed E-state index contributed by atoms with van der Waals surface area (Å²) in [6, 6.07) is 0. The minimum absolute atomic E-state index is 0.139. The quantitative estimate of drug-likeness (QED) is 0.598. The lowest BCUT2D eigenvalue weighted by atomic mass is 10.9. The van der Waals surface area contributed by atoms with Crippen molar-refractivity contribution in [3.8, 4) is 0 Å². The van der Waals surface area contributed by atoms with Crippen molar-refractivity contribution in [2.45, 2.75) is 4.71 Å². The molecule has 0 spiro atoms. The number of hydrazine groups is 1. The van der Waals surface area contributed by atoms with Crippen LogP contribution in [0.1, 0.15) is 0 Å². The van der Waals surface area contributed by atoms with Gasteiger partial charge in [0.25, 0.3) is 0 Å². The van der Waals surface area contributed by atoms with Gasteiger partial charge in [-0.05, 0) is 5.41 Å². The maximum Gasteiger partial charge on any atom is 0.150 e. The highest BCUT2D eigenvalue weighted by atomic mass is 32.2. The second-order valence-electron chi connectivity index (χ2n) is 1.36. The number of nitrogens with zero attached hydrogens (tertiary/aromatic N) is 1. The third-order valence-corrected chi connectivity index (χ3v) is 2.20. The molecule has 1 unspecified atom stereocenters. The first-order valence-corrected chi connectivity index (χ1v) is 3.69. The van der Waals surface area contributed by atoms with E-state index >= 15 is 0 Å². The van der Waals surface area contributed by atoms with E-state index in [1.54, 1.807) is 11.8 Å². The third kappa shape index (κ3) is 1.13. The van der Waals surface area contributed by atoms with Crippen LogP contribution >= 0.6 is 24.4 Å². The average molecular weight is 147 g/mol. The van der Waals surface area contributed by atoms with Gasteiger partial charge in [0.2, 0.25) is 0 Å². The van der Waals surface area contributed by atoms with Gasteiger partial charge in [-0.1, -0.05) is 24.4 Å². The molecule has 0 saturated carbocycles. The first kappa shape index (κ1) is 6.32. The Morgan fingerprint density at radius 1 is 1.88 bits per heavy atom. The molecule has 1 rings (SSSR count). The molecule has 0 aromatic rings. The number of nitrogens with one attached hydrogen (secondary N) is 1. The maximum absolute atomic E-state index is 4.99. The number of rotatable bonds is 1. The molecule has 1 heterocycles. The van der Waals surface area contributed by atoms with E-state index in [2.05, 4.69) is 5.43 Å². The van der Waals surface area contributed by atoms with Crippen LogP contribution in [0.5, 0.6) is 0 Å². The highest BCUT2D eigenvalue weighted by Crippen LogP contribution is 2.24. The zero-order valence-corrected chi connectivity index (χ0v) is 6.13. The van der Waals surface area contributed by atoms with Crippen LogP contribution in [0.3, 0.4) is 0 Å². The van der Waals surface area contributed by atoms with Gasteiger partial charge in [0, 0.05) is 13.2 Å². The van der Waals surface area contributed by atoms with Gasteiger partial charge < -0.3 is 0 Å². The van der Waals surface area contributed by atoms with Crippen molar-refractivity contribution in [1.82, 2.24) is 10.4 Å². The molecule has 8 heavy (non-hydrogen) atoms. The number of thioether (sulfide) groups is 1. The van der Waals surface area contributed by atoms with E-state index in [0.717, 1.165) is 0 Å². The third-order valence-electron chi connectivity index (χ3n) is 0.902. The average Bonchev–Trinajstić information content (AvgIpc) is 2.14. The number of hydrogen-bond donors (Lipinski definition) is 1. The predicted molar refractivity (Wildman–Crippen MR) is 39.0 cm³/mol. The van der Waals surface area contributed by atoms with Gasteiger partial charge in [-0.25, -0.2) is 5.43 Å². The van der Waals surface area contributed by atoms with Crippen molar-refractivity contribution in [3.63, 3.8) is 0 Å². The second-order valence-corrected chi connectivity index (χ2v) is 3.09. The van der Waals surface area contributed by atoms with Gasteiger partial charge >= 0.3 is 0 Å². The molecule has 1 aliphatic heterocycles. The standard InChI is InChI=1S/C4H7N2S2/c1-5-6-2-3-8-4(6)7/h2-5H,1H3. The van der Waals surface area contributed by atoms with E-state index in [1.165, 1.54) is 0 Å². The van der Waals surface area contributed by atoms with Crippen molar-refractivity contribution < 1.29 is 0 Å². The Bertz CT molecular complexity index is 104. The Morgan fingerprint density at radius 2 is 2.62 bits per heavy atom. The molecular formula is C4H7N2S2. The molecule has 45 valence electrons. The molecule has 0 aromatic carbocycles. The van der Waals surface area contributed by atoms with Crippen LogP contribution in [0, 0.1) is 0 Å². The summed E-state index contributed by atoms with van der Waals surface area (Å²) in [4.78, 5) is 0. The summed E-state index contributed by atoms with van der Waals surface area (Å²) in [5.41, 5.74) is 2.94. The zero-order chi connectivity index (χ0) is 5.98. The van der Waals surface area contributed by atoms with Gasteiger partial charge in [-0.2, -0.15) is 0 Å². The lowest BCUT2D eigenvalue weighted by Crippen LogP contribution is -2.31. The van der Waals surface area contributed by atoms with Crippen LogP contribution in [-0.2, 0) is 0 Å². The molecule has 1 N–H and O–H groups in total. The molecule has 1 radical (unpaired) electrons. The maximum atomic E-state index is 4.99. The molecule has 1 atom stereocenters. The molecule has 0 aromatic heterocycles. The molecule has 2 nitrogen and oxygen atoms in total. The Balaban J connectivity index is 2.41. The van der Waals surface area contributed by atoms with E-state index in [1.807, 2.05) is 23.7 Å². The molecule has 0 saturated heterocycles. The monoisotopic (exact) mass is 147 g/mol. The topological polar surface area (TPSA) is 15.3 Å². The van der Waals surface area contributed by atoms with Gasteiger partial charge in [-0.15, -0.1) is 0 Å². The van der Waals surface area contributed by atoms with Crippen molar-refractivity contribution >= 4 is 24.4 Å². The van der Waals surface area contributed by atoms with Crippen LogP contribution in [0.15, 0.2) is 11.6 Å². The first-order valence-electron chi connectivity index (χ1n) is 2.28. The van der Waals surface area contributed by atoms with Gasteiger partial charge in [0.05, 0.1) is 0 Å². The first-order chi connectivity index (χ1) is 3.84. The van der Waals surface area contributed by atoms with Crippen molar-refractivity contribution in [2.75, 3.05) is 7.05 Å². The summed E-state index contributed by atoms with van der Waals surface area (Å²) in [6.07, 6.45) is 1.93. The van der Waals surface area contributed by atoms with Crippen molar-refractivity contribution in [2.24, 2.45) is 0 Å². The summed E-state index contributed by atoms with van der Waals surface area (Å²) in [6.45, 7) is 0. The van der Waals surface area contributed by atoms with E-state index < -0.39 is 0 Å². The normalized spacial score (nSPS) is 27.2. The van der Waals surface area contributed by atoms with Gasteiger partial charge in [0.1, 0.15) is 4.71 Å². The fourth-order valence-electron chi connectivity index (χ4n) is 0.484. The van der Waals surface area contributed by atoms with E-state index in [4.69, 9.17) is 12.6 Å². The molecule has 1 aliphatic rings. The molecule has 0 bridgehead atoms. The lowest BCUT2D eigenvalue weighted by Gasteiger charge is -2.16. The molecule has 0 fully saturated rings. The van der Waals surface area contributed by atoms with Crippen molar-refractivity contribution in [3.05, 3.63) is 11.6 Å². The smallest absolute Gasteiger partial charge is 0.150 e. The SMILES string of the molecule is CNN1C=CSC1[S]. The summed E-state index contributed by atoms with van der Waals surface area (Å²) >= 11 is 6.61. The zero-order valence-electron chi connectivity index (χ0n) is 4.50. The molecule has 4 heteroatoms. The largest absolute Gasteiger partial charge is 0.291 e. The number of hydrogen-bond acceptors (Lipinski definition) is 3. The molecular weight excluding hydrogens is 140 g/mol. The second kappa shape index (κ2) is 2.66. The Labute approximate surface area is 58.7 Å². The fourth-order valence-corrected chi connectivity index (χ4v) is 1.49. The van der Waals surface area contributed by atoms with Crippen molar-refractivity contribution in [1.29, 1.82) is 0 Å². The van der Waals surface area contributed by atoms with Gasteiger partial charge in [-0.3, -0.25) is 5.01 Å². The van der Waals surface area contributed by atoms with Crippen LogP contribution in [0.2, 0.25) is 0 Å². The van der Waals surface area contributed by atoms with Crippen LogP contribution in [-0.4, -0.2) is 16.8 Å². The highest BCUT2D eigenvalue weighted by molar-refractivity contribution is 8.12. The summed E-state index contributed by atoms with van der Waals surface area (Å²) in [7, 11) is 1.86. The van der Waals surface area contributed by atoms with E-state index in [9.17, 15) is 0 Å². The van der Waals surface area contributed by atoms with Crippen LogP contribution in [0.4, 0.5) is 0 Å². The predicted octanol–water partition coefficient (Wildman–Crippen LogP) is 1.12. The summed E-state index contributed by atoms with van der Waals surface area (Å²) in [5, 5.41) is 3.86. The lowest BCUT2D eigenvalue weighted by molar-refractivity contribution is 0.340. The highest BCUT2D eigenvalue weighted by Gasteiger charge is 2.13. The minimum Gasteiger partial charge on any atom is -0.291 e.